The van der Waals surface area contributed by atoms with Gasteiger partial charge in [0, 0.05) is 41.8 Å². The summed E-state index contributed by atoms with van der Waals surface area (Å²) < 4.78 is 9.26. The molecule has 5 aromatic rings. The lowest BCUT2D eigenvalue weighted by atomic mass is 10.0. The van der Waals surface area contributed by atoms with Crippen LogP contribution in [0.15, 0.2) is 47.5 Å². The largest absolute Gasteiger partial charge is 0.496 e. The Balaban J connectivity index is 1.38. The van der Waals surface area contributed by atoms with Gasteiger partial charge in [0.25, 0.3) is 5.56 Å². The summed E-state index contributed by atoms with van der Waals surface area (Å²) in [4.78, 5) is 20.2. The summed E-state index contributed by atoms with van der Waals surface area (Å²) in [7, 11) is 3.64. The van der Waals surface area contributed by atoms with Crippen LogP contribution >= 0.6 is 11.3 Å². The molecule has 2 aromatic carbocycles. The first-order valence-corrected chi connectivity index (χ1v) is 12.9. The van der Waals surface area contributed by atoms with Crippen LogP contribution in [0.2, 0.25) is 0 Å². The average molecular weight is 502 g/mol. The smallest absolute Gasteiger partial charge is 0.262 e. The molecule has 0 spiro atoms. The molecule has 1 N–H and O–H groups in total. The zero-order chi connectivity index (χ0) is 25.4. The Labute approximate surface area is 214 Å². The standard InChI is InChI=1S/C28H31N5O2S/c1-17-25(12-13-29-14-22-18(2)31-32(4)19(22)3)36-27-26(17)28(34)33(16-30-27)15-23-21-9-7-6-8-20(21)10-11-24(23)35-5/h6-11,16,29H,12-15H2,1-5H3. The van der Waals surface area contributed by atoms with Gasteiger partial charge in [0.1, 0.15) is 10.6 Å². The Bertz CT molecular complexity index is 1630. The van der Waals surface area contributed by atoms with Crippen LogP contribution in [0.5, 0.6) is 5.75 Å². The van der Waals surface area contributed by atoms with Gasteiger partial charge >= 0.3 is 0 Å². The number of nitrogens with one attached hydrogen (secondary N) is 1. The van der Waals surface area contributed by atoms with E-state index in [0.29, 0.717) is 6.54 Å². The molecule has 3 aromatic heterocycles. The molecule has 0 saturated carbocycles. The molecule has 0 aliphatic heterocycles. The van der Waals surface area contributed by atoms with Crippen molar-refractivity contribution in [1.82, 2.24) is 24.6 Å². The van der Waals surface area contributed by atoms with Crippen molar-refractivity contribution in [3.63, 3.8) is 0 Å². The van der Waals surface area contributed by atoms with E-state index in [1.165, 1.54) is 16.1 Å². The first kappa shape index (κ1) is 24.2. The van der Waals surface area contributed by atoms with Crippen LogP contribution in [0.1, 0.15) is 33.0 Å². The van der Waals surface area contributed by atoms with Crippen molar-refractivity contribution in [2.24, 2.45) is 7.05 Å². The van der Waals surface area contributed by atoms with Gasteiger partial charge < -0.3 is 10.1 Å². The predicted octanol–water partition coefficient (Wildman–Crippen LogP) is 4.66. The number of hydrogen-bond acceptors (Lipinski definition) is 6. The molecule has 0 bridgehead atoms. The van der Waals surface area contributed by atoms with E-state index in [4.69, 9.17) is 4.74 Å². The monoisotopic (exact) mass is 501 g/mol. The number of benzene rings is 2. The Kier molecular flexibility index (Phi) is 6.64. The molecule has 0 fully saturated rings. The second kappa shape index (κ2) is 9.87. The molecular formula is C28H31N5O2S. The highest BCUT2D eigenvalue weighted by atomic mass is 32.1. The Morgan fingerprint density at radius 2 is 1.89 bits per heavy atom. The number of nitrogens with zero attached hydrogens (tertiary/aromatic N) is 4. The van der Waals surface area contributed by atoms with E-state index in [1.807, 2.05) is 49.8 Å². The molecule has 36 heavy (non-hydrogen) atoms. The maximum absolute atomic E-state index is 13.6. The topological polar surface area (TPSA) is 74.0 Å². The van der Waals surface area contributed by atoms with E-state index in [9.17, 15) is 4.79 Å². The molecule has 0 atom stereocenters. The summed E-state index contributed by atoms with van der Waals surface area (Å²) in [5.74, 6) is 0.772. The third-order valence-corrected chi connectivity index (χ3v) is 8.31. The molecular weight excluding hydrogens is 470 g/mol. The van der Waals surface area contributed by atoms with Gasteiger partial charge in [-0.15, -0.1) is 11.3 Å². The molecule has 0 saturated heterocycles. The van der Waals surface area contributed by atoms with Crippen molar-refractivity contribution >= 4 is 32.3 Å². The SMILES string of the molecule is COc1ccc2ccccc2c1Cn1cnc2sc(CCNCc3c(C)nn(C)c3C)c(C)c2c1=O. The third-order valence-electron chi connectivity index (χ3n) is 7.05. The summed E-state index contributed by atoms with van der Waals surface area (Å²) in [5.41, 5.74) is 5.50. The number of thiophene rings is 1. The quantitative estimate of drug-likeness (QED) is 0.313. The van der Waals surface area contributed by atoms with Gasteiger partial charge in [0.2, 0.25) is 0 Å². The average Bonchev–Trinajstić information content (AvgIpc) is 3.33. The van der Waals surface area contributed by atoms with Crippen LogP contribution in [0.4, 0.5) is 0 Å². The van der Waals surface area contributed by atoms with Crippen molar-refractivity contribution < 1.29 is 4.74 Å². The van der Waals surface area contributed by atoms with Crippen molar-refractivity contribution in [2.75, 3.05) is 13.7 Å². The lowest BCUT2D eigenvalue weighted by molar-refractivity contribution is 0.409. The van der Waals surface area contributed by atoms with E-state index in [2.05, 4.69) is 34.5 Å². The molecule has 3 heterocycles. The lowest BCUT2D eigenvalue weighted by Gasteiger charge is -2.13. The van der Waals surface area contributed by atoms with E-state index in [0.717, 1.165) is 63.1 Å². The number of hydrogen-bond donors (Lipinski definition) is 1. The van der Waals surface area contributed by atoms with E-state index in [1.54, 1.807) is 29.3 Å². The zero-order valence-electron chi connectivity index (χ0n) is 21.4. The second-order valence-corrected chi connectivity index (χ2v) is 10.3. The first-order chi connectivity index (χ1) is 17.4. The maximum Gasteiger partial charge on any atom is 0.262 e. The minimum atomic E-state index is -0.00967. The molecule has 7 nitrogen and oxygen atoms in total. The van der Waals surface area contributed by atoms with Crippen molar-refractivity contribution in [1.29, 1.82) is 0 Å². The van der Waals surface area contributed by atoms with Gasteiger partial charge in [0.05, 0.1) is 31.1 Å². The third kappa shape index (κ3) is 4.31. The van der Waals surface area contributed by atoms with Gasteiger partial charge in [-0.1, -0.05) is 30.3 Å². The summed E-state index contributed by atoms with van der Waals surface area (Å²) >= 11 is 1.61. The lowest BCUT2D eigenvalue weighted by Crippen LogP contribution is -2.21. The van der Waals surface area contributed by atoms with Gasteiger partial charge in [-0.2, -0.15) is 5.10 Å². The molecule has 5 rings (SSSR count). The first-order valence-electron chi connectivity index (χ1n) is 12.1. The number of aromatic nitrogens is 4. The normalized spacial score (nSPS) is 11.6. The molecule has 0 aliphatic rings. The maximum atomic E-state index is 13.6. The van der Waals surface area contributed by atoms with E-state index in [-0.39, 0.29) is 5.56 Å². The zero-order valence-corrected chi connectivity index (χ0v) is 22.2. The molecule has 0 radical (unpaired) electrons. The van der Waals surface area contributed by atoms with E-state index >= 15 is 0 Å². The van der Waals surface area contributed by atoms with Crippen molar-refractivity contribution in [3.05, 3.63) is 86.0 Å². The van der Waals surface area contributed by atoms with Gasteiger partial charge in [-0.25, -0.2) is 4.98 Å². The highest BCUT2D eigenvalue weighted by molar-refractivity contribution is 7.18. The van der Waals surface area contributed by atoms with Crippen molar-refractivity contribution in [3.8, 4) is 5.75 Å². The Morgan fingerprint density at radius 1 is 1.08 bits per heavy atom. The predicted molar refractivity (Wildman–Crippen MR) is 146 cm³/mol. The number of aryl methyl sites for hydroxylation is 3. The van der Waals surface area contributed by atoms with Gasteiger partial charge in [-0.05, 0) is 49.6 Å². The highest BCUT2D eigenvalue weighted by Gasteiger charge is 2.17. The number of methoxy groups -OCH3 is 1. The number of fused-ring (bicyclic) bond motifs is 2. The van der Waals surface area contributed by atoms with E-state index < -0.39 is 0 Å². The fourth-order valence-corrected chi connectivity index (χ4v) is 6.02. The van der Waals surface area contributed by atoms with Crippen LogP contribution in [0.3, 0.4) is 0 Å². The van der Waals surface area contributed by atoms with Crippen LogP contribution in [0.25, 0.3) is 21.0 Å². The summed E-state index contributed by atoms with van der Waals surface area (Å²) in [5, 5.41) is 10.9. The fraction of sp³-hybridized carbons (Fsp3) is 0.321. The highest BCUT2D eigenvalue weighted by Crippen LogP contribution is 2.30. The van der Waals surface area contributed by atoms with Gasteiger partial charge in [-0.3, -0.25) is 14.0 Å². The molecule has 186 valence electrons. The molecule has 0 amide bonds. The Hall–Kier alpha value is -3.49. The molecule has 8 heteroatoms. The Morgan fingerprint density at radius 3 is 2.64 bits per heavy atom. The molecule has 0 aliphatic carbocycles. The summed E-state index contributed by atoms with van der Waals surface area (Å²) in [6.07, 6.45) is 2.51. The van der Waals surface area contributed by atoms with Crippen LogP contribution in [-0.2, 0) is 26.6 Å². The van der Waals surface area contributed by atoms with Crippen LogP contribution < -0.4 is 15.6 Å². The van der Waals surface area contributed by atoms with Crippen LogP contribution in [-0.4, -0.2) is 33.0 Å². The second-order valence-electron chi connectivity index (χ2n) is 9.18. The van der Waals surface area contributed by atoms with Crippen LogP contribution in [0, 0.1) is 20.8 Å². The summed E-state index contributed by atoms with van der Waals surface area (Å²) in [6, 6.07) is 12.2. The minimum Gasteiger partial charge on any atom is -0.496 e. The molecule has 0 unspecified atom stereocenters. The number of rotatable bonds is 8. The van der Waals surface area contributed by atoms with Crippen molar-refractivity contribution in [2.45, 2.75) is 40.3 Å². The number of ether oxygens (including phenoxy) is 1. The van der Waals surface area contributed by atoms with Gasteiger partial charge in [0.15, 0.2) is 0 Å². The fourth-order valence-electron chi connectivity index (χ4n) is 4.89. The summed E-state index contributed by atoms with van der Waals surface area (Å²) in [6.45, 7) is 8.19. The minimum absolute atomic E-state index is 0.00967.